The summed E-state index contributed by atoms with van der Waals surface area (Å²) in [5.74, 6) is 0. The Morgan fingerprint density at radius 1 is 1.38 bits per heavy atom. The fraction of sp³-hybridized carbons (Fsp3) is 0.125. The van der Waals surface area contributed by atoms with Gasteiger partial charge in [-0.15, -0.1) is 0 Å². The topological polar surface area (TPSA) is 60.2 Å². The molecule has 67 valence electrons. The second kappa shape index (κ2) is 3.53. The number of hydrogen-bond acceptors (Lipinski definition) is 3. The van der Waals surface area contributed by atoms with Crippen LogP contribution in [0, 0.1) is 10.1 Å². The number of rotatable bonds is 3. The summed E-state index contributed by atoms with van der Waals surface area (Å²) < 4.78 is 0. The minimum absolute atomic E-state index is 0.108. The normalized spacial score (nSPS) is 14.5. The predicted molar refractivity (Wildman–Crippen MR) is 46.7 cm³/mol. The van der Waals surface area contributed by atoms with E-state index in [1.54, 1.807) is 18.2 Å². The van der Waals surface area contributed by atoms with Crippen molar-refractivity contribution in [2.75, 3.05) is 0 Å². The van der Waals surface area contributed by atoms with Gasteiger partial charge in [0.15, 0.2) is 0 Å². The second-order valence-electron chi connectivity index (χ2n) is 2.35. The predicted octanol–water partition coefficient (Wildman–Crippen LogP) is 1.46. The average Bonchev–Trinajstić information content (AvgIpc) is 2.17. The zero-order chi connectivity index (χ0) is 9.90. The van der Waals surface area contributed by atoms with Crippen LogP contribution in [0.25, 0.3) is 0 Å². The van der Waals surface area contributed by atoms with E-state index in [9.17, 15) is 14.9 Å². The van der Waals surface area contributed by atoms with Crippen molar-refractivity contribution in [1.82, 2.24) is 0 Å². The van der Waals surface area contributed by atoms with Gasteiger partial charge in [0.05, 0.1) is 10.5 Å². The van der Waals surface area contributed by atoms with Crippen LogP contribution in [-0.4, -0.2) is 11.2 Å². The van der Waals surface area contributed by atoms with Gasteiger partial charge in [0.2, 0.25) is 0 Å². The Bertz CT molecular complexity index is 327. The highest BCUT2D eigenvalue weighted by molar-refractivity contribution is 6.30. The molecule has 0 N–H and O–H groups in total. The van der Waals surface area contributed by atoms with Crippen molar-refractivity contribution in [2.45, 2.75) is 5.00 Å². The van der Waals surface area contributed by atoms with Crippen molar-refractivity contribution in [1.29, 1.82) is 0 Å². The molecule has 4 nitrogen and oxygen atoms in total. The van der Waals surface area contributed by atoms with Crippen molar-refractivity contribution >= 4 is 17.9 Å². The van der Waals surface area contributed by atoms with Gasteiger partial charge in [-0.3, -0.25) is 14.9 Å². The Morgan fingerprint density at radius 2 is 1.92 bits per heavy atom. The standard InChI is InChI=1S/C8H5ClNO3/c9-8(6-11,10(12)13)7-4-2-1-3-5-7/h1-5H. The lowest BCUT2D eigenvalue weighted by Crippen LogP contribution is -2.30. The summed E-state index contributed by atoms with van der Waals surface area (Å²) >= 11 is 5.46. The number of nitrogens with zero attached hydrogens (tertiary/aromatic N) is 1. The van der Waals surface area contributed by atoms with E-state index in [-0.39, 0.29) is 5.56 Å². The van der Waals surface area contributed by atoms with Crippen LogP contribution in [-0.2, 0) is 9.79 Å². The van der Waals surface area contributed by atoms with Crippen LogP contribution in [0.5, 0.6) is 0 Å². The molecule has 0 aliphatic heterocycles. The molecular weight excluding hydrogens is 194 g/mol. The maximum absolute atomic E-state index is 10.5. The highest BCUT2D eigenvalue weighted by atomic mass is 35.5. The van der Waals surface area contributed by atoms with Gasteiger partial charge in [0.25, 0.3) is 0 Å². The average molecular weight is 199 g/mol. The van der Waals surface area contributed by atoms with E-state index < -0.39 is 9.92 Å². The number of halogens is 1. The molecule has 0 saturated heterocycles. The number of hydrogen-bond donors (Lipinski definition) is 0. The number of benzene rings is 1. The van der Waals surface area contributed by atoms with Crippen molar-refractivity contribution in [3.05, 3.63) is 46.0 Å². The van der Waals surface area contributed by atoms with Crippen molar-refractivity contribution in [3.8, 4) is 0 Å². The first-order chi connectivity index (χ1) is 6.11. The Balaban J connectivity index is 3.18. The maximum atomic E-state index is 10.5. The zero-order valence-electron chi connectivity index (χ0n) is 6.44. The first-order valence-electron chi connectivity index (χ1n) is 3.39. The Hall–Kier alpha value is -1.42. The van der Waals surface area contributed by atoms with Crippen molar-refractivity contribution in [3.63, 3.8) is 0 Å². The molecule has 1 radical (unpaired) electrons. The monoisotopic (exact) mass is 198 g/mol. The summed E-state index contributed by atoms with van der Waals surface area (Å²) in [6, 6.07) is 7.60. The summed E-state index contributed by atoms with van der Waals surface area (Å²) in [5, 5.41) is 10.5. The summed E-state index contributed by atoms with van der Waals surface area (Å²) in [7, 11) is 0. The van der Waals surface area contributed by atoms with Gasteiger partial charge < -0.3 is 0 Å². The van der Waals surface area contributed by atoms with E-state index in [0.717, 1.165) is 0 Å². The number of alkyl halides is 1. The van der Waals surface area contributed by atoms with Crippen LogP contribution in [0.1, 0.15) is 5.56 Å². The highest BCUT2D eigenvalue weighted by Gasteiger charge is 2.43. The fourth-order valence-electron chi connectivity index (χ4n) is 0.861. The molecule has 1 aromatic rings. The molecular formula is C8H5ClNO3. The minimum atomic E-state index is -2.28. The van der Waals surface area contributed by atoms with Crippen molar-refractivity contribution < 1.29 is 9.72 Å². The molecule has 0 saturated carbocycles. The molecule has 1 atom stereocenters. The smallest absolute Gasteiger partial charge is 0.280 e. The highest BCUT2D eigenvalue weighted by Crippen LogP contribution is 2.26. The van der Waals surface area contributed by atoms with E-state index in [1.807, 2.05) is 0 Å². The van der Waals surface area contributed by atoms with Gasteiger partial charge in [0, 0.05) is 0 Å². The lowest BCUT2D eigenvalue weighted by molar-refractivity contribution is -0.527. The van der Waals surface area contributed by atoms with Gasteiger partial charge in [-0.2, -0.15) is 0 Å². The number of nitro groups is 1. The largest absolute Gasteiger partial charge is 0.385 e. The van der Waals surface area contributed by atoms with Crippen molar-refractivity contribution in [2.24, 2.45) is 0 Å². The van der Waals surface area contributed by atoms with Gasteiger partial charge in [-0.1, -0.05) is 18.2 Å². The third-order valence-electron chi connectivity index (χ3n) is 1.54. The molecule has 1 aromatic carbocycles. The third-order valence-corrected chi connectivity index (χ3v) is 1.98. The fourth-order valence-corrected chi connectivity index (χ4v) is 0.987. The van der Waals surface area contributed by atoms with E-state index in [1.165, 1.54) is 18.4 Å². The van der Waals surface area contributed by atoms with Crippen LogP contribution in [0.3, 0.4) is 0 Å². The van der Waals surface area contributed by atoms with E-state index in [0.29, 0.717) is 0 Å². The lowest BCUT2D eigenvalue weighted by atomic mass is 10.1. The lowest BCUT2D eigenvalue weighted by Gasteiger charge is -2.09. The number of carbonyl (C=O) groups excluding carboxylic acids is 1. The van der Waals surface area contributed by atoms with E-state index >= 15 is 0 Å². The second-order valence-corrected chi connectivity index (χ2v) is 2.89. The summed E-state index contributed by atoms with van der Waals surface area (Å²) in [6.45, 7) is 0. The Morgan fingerprint density at radius 3 is 2.31 bits per heavy atom. The minimum Gasteiger partial charge on any atom is -0.280 e. The molecule has 1 unspecified atom stereocenters. The summed E-state index contributed by atoms with van der Waals surface area (Å²) in [6.07, 6.45) is 1.21. The van der Waals surface area contributed by atoms with Gasteiger partial charge in [0.1, 0.15) is 0 Å². The maximum Gasteiger partial charge on any atom is 0.385 e. The molecule has 13 heavy (non-hydrogen) atoms. The first-order valence-corrected chi connectivity index (χ1v) is 3.77. The first kappa shape index (κ1) is 9.67. The van der Waals surface area contributed by atoms with E-state index in [2.05, 4.69) is 0 Å². The van der Waals surface area contributed by atoms with Gasteiger partial charge >= 0.3 is 11.3 Å². The van der Waals surface area contributed by atoms with Crippen LogP contribution < -0.4 is 0 Å². The molecule has 0 spiro atoms. The van der Waals surface area contributed by atoms with Crippen LogP contribution in [0.2, 0.25) is 0 Å². The quantitative estimate of drug-likeness (QED) is 0.320. The van der Waals surface area contributed by atoms with Crippen LogP contribution >= 0.6 is 11.6 Å². The SMILES string of the molecule is O=[C]C(Cl)(c1ccccc1)[N+](=O)[O-]. The molecule has 0 bridgehead atoms. The summed E-state index contributed by atoms with van der Waals surface area (Å²) in [4.78, 5) is 17.7. The zero-order valence-corrected chi connectivity index (χ0v) is 7.19. The van der Waals surface area contributed by atoms with Crippen LogP contribution in [0.4, 0.5) is 0 Å². The third kappa shape index (κ3) is 1.67. The molecule has 1 rings (SSSR count). The molecule has 5 heteroatoms. The molecule has 0 fully saturated rings. The molecule has 0 aliphatic carbocycles. The van der Waals surface area contributed by atoms with Gasteiger partial charge in [-0.05, 0) is 23.7 Å². The Kier molecular flexibility index (Phi) is 2.63. The van der Waals surface area contributed by atoms with Gasteiger partial charge in [-0.25, -0.2) is 0 Å². The molecule has 0 heterocycles. The summed E-state index contributed by atoms with van der Waals surface area (Å²) in [5.41, 5.74) is 0.108. The molecule has 0 aliphatic rings. The van der Waals surface area contributed by atoms with E-state index in [4.69, 9.17) is 11.6 Å². The molecule has 0 aromatic heterocycles. The van der Waals surface area contributed by atoms with Crippen LogP contribution in [0.15, 0.2) is 30.3 Å². The molecule has 0 amide bonds. The Labute approximate surface area is 79.3 Å².